The third-order valence-electron chi connectivity index (χ3n) is 9.14. The van der Waals surface area contributed by atoms with E-state index in [0.29, 0.717) is 17.9 Å². The Morgan fingerprint density at radius 1 is 0.892 bits per heavy atom. The molecule has 0 aromatic heterocycles. The molecule has 4 fully saturated rings. The first kappa shape index (κ1) is 26.4. The Balaban J connectivity index is 1.17. The molecule has 4 saturated heterocycles. The van der Waals surface area contributed by atoms with Gasteiger partial charge >= 0.3 is 0 Å². The third-order valence-corrected chi connectivity index (χ3v) is 9.14. The summed E-state index contributed by atoms with van der Waals surface area (Å²) < 4.78 is 19.8. The first-order chi connectivity index (χ1) is 17.9. The van der Waals surface area contributed by atoms with E-state index < -0.39 is 0 Å². The first-order valence-corrected chi connectivity index (χ1v) is 14.3. The Kier molecular flexibility index (Phi) is 8.34. The molecule has 0 N–H and O–H groups in total. The number of halogens is 1. The number of likely N-dealkylation sites (tertiary alicyclic amines) is 2. The fourth-order valence-electron chi connectivity index (χ4n) is 6.91. The number of rotatable bonds is 5. The van der Waals surface area contributed by atoms with Crippen molar-refractivity contribution in [2.75, 3.05) is 71.5 Å². The Hall–Kier alpha value is -2.19. The second-order valence-electron chi connectivity index (χ2n) is 11.6. The van der Waals surface area contributed by atoms with E-state index in [9.17, 15) is 14.0 Å². The molecule has 0 aliphatic carbocycles. The molecule has 8 heteroatoms. The van der Waals surface area contributed by atoms with Crippen LogP contribution in [0.3, 0.4) is 0 Å². The molecule has 1 aromatic rings. The summed E-state index contributed by atoms with van der Waals surface area (Å²) in [6.07, 6.45) is 6.54. The maximum absolute atomic E-state index is 14.3. The minimum Gasteiger partial charge on any atom is -0.381 e. The molecule has 37 heavy (non-hydrogen) atoms. The van der Waals surface area contributed by atoms with Crippen LogP contribution in [0.2, 0.25) is 0 Å². The molecule has 4 heterocycles. The molecule has 1 aromatic carbocycles. The van der Waals surface area contributed by atoms with Gasteiger partial charge in [0.05, 0.1) is 5.92 Å². The summed E-state index contributed by atoms with van der Waals surface area (Å²) in [7, 11) is 3.62. The van der Waals surface area contributed by atoms with Crippen LogP contribution >= 0.6 is 0 Å². The Bertz CT molecular complexity index is 950. The molecular formula is C29H43FN4O3. The number of amides is 2. The van der Waals surface area contributed by atoms with Crippen LogP contribution < -0.4 is 4.90 Å². The zero-order chi connectivity index (χ0) is 25.9. The van der Waals surface area contributed by atoms with Crippen molar-refractivity contribution in [2.45, 2.75) is 56.9 Å². The predicted octanol–water partition coefficient (Wildman–Crippen LogP) is 3.34. The molecule has 0 spiro atoms. The summed E-state index contributed by atoms with van der Waals surface area (Å²) >= 11 is 0. The van der Waals surface area contributed by atoms with Gasteiger partial charge in [0.2, 0.25) is 11.8 Å². The lowest BCUT2D eigenvalue weighted by Gasteiger charge is -2.38. The molecule has 204 valence electrons. The molecule has 1 atom stereocenters. The van der Waals surface area contributed by atoms with Crippen LogP contribution in [0.4, 0.5) is 10.1 Å². The summed E-state index contributed by atoms with van der Waals surface area (Å²) in [5, 5.41) is 0. The van der Waals surface area contributed by atoms with Gasteiger partial charge in [-0.25, -0.2) is 4.39 Å². The molecule has 5 rings (SSSR count). The van der Waals surface area contributed by atoms with Crippen molar-refractivity contribution in [1.82, 2.24) is 14.7 Å². The number of ether oxygens (including phenoxy) is 1. The van der Waals surface area contributed by atoms with E-state index in [0.717, 1.165) is 103 Å². The number of benzene rings is 1. The molecule has 1 unspecified atom stereocenters. The highest BCUT2D eigenvalue weighted by Crippen LogP contribution is 2.37. The Morgan fingerprint density at radius 2 is 1.57 bits per heavy atom. The number of hydrogen-bond donors (Lipinski definition) is 0. The van der Waals surface area contributed by atoms with E-state index in [1.807, 2.05) is 20.2 Å². The lowest BCUT2D eigenvalue weighted by Crippen LogP contribution is -2.43. The SMILES string of the molecule is CN(C)C(=O)C1CCN(c2cc(F)ccc2C2CCN(C(=O)C3CCN(C4CCOCC4)C3)CC2)CC1. The van der Waals surface area contributed by atoms with Gasteiger partial charge in [-0.3, -0.25) is 14.5 Å². The summed E-state index contributed by atoms with van der Waals surface area (Å²) in [6.45, 7) is 6.66. The average Bonchev–Trinajstić information content (AvgIpc) is 3.43. The van der Waals surface area contributed by atoms with Crippen LogP contribution in [0, 0.1) is 17.7 Å². The van der Waals surface area contributed by atoms with Crippen LogP contribution in [-0.4, -0.2) is 99.1 Å². The normalized spacial score (nSPS) is 25.0. The second-order valence-corrected chi connectivity index (χ2v) is 11.6. The van der Waals surface area contributed by atoms with Gasteiger partial charge in [-0.1, -0.05) is 6.07 Å². The maximum Gasteiger partial charge on any atom is 0.227 e. The monoisotopic (exact) mass is 514 g/mol. The van der Waals surface area contributed by atoms with Crippen molar-refractivity contribution < 1.29 is 18.7 Å². The summed E-state index contributed by atoms with van der Waals surface area (Å²) in [5.74, 6) is 0.785. The Morgan fingerprint density at radius 3 is 2.24 bits per heavy atom. The quantitative estimate of drug-likeness (QED) is 0.603. The number of nitrogens with zero attached hydrogens (tertiary/aromatic N) is 4. The molecule has 4 aliphatic rings. The smallest absolute Gasteiger partial charge is 0.227 e. The number of anilines is 1. The highest BCUT2D eigenvalue weighted by Gasteiger charge is 2.37. The van der Waals surface area contributed by atoms with E-state index in [4.69, 9.17) is 4.74 Å². The van der Waals surface area contributed by atoms with Gasteiger partial charge in [0.25, 0.3) is 0 Å². The highest BCUT2D eigenvalue weighted by atomic mass is 19.1. The summed E-state index contributed by atoms with van der Waals surface area (Å²) in [5.41, 5.74) is 2.17. The van der Waals surface area contributed by atoms with Crippen LogP contribution in [0.15, 0.2) is 18.2 Å². The van der Waals surface area contributed by atoms with E-state index in [1.54, 1.807) is 17.0 Å². The van der Waals surface area contributed by atoms with Gasteiger partial charge in [0.15, 0.2) is 0 Å². The molecular weight excluding hydrogens is 471 g/mol. The van der Waals surface area contributed by atoms with Gasteiger partial charge in [0.1, 0.15) is 5.82 Å². The van der Waals surface area contributed by atoms with Gasteiger partial charge < -0.3 is 19.4 Å². The van der Waals surface area contributed by atoms with Gasteiger partial charge in [0, 0.05) is 77.7 Å². The van der Waals surface area contributed by atoms with Crippen LogP contribution in [0.25, 0.3) is 0 Å². The van der Waals surface area contributed by atoms with Gasteiger partial charge in [-0.15, -0.1) is 0 Å². The topological polar surface area (TPSA) is 56.3 Å². The minimum absolute atomic E-state index is 0.0514. The number of carbonyl (C=O) groups is 2. The lowest BCUT2D eigenvalue weighted by atomic mass is 9.86. The molecule has 0 saturated carbocycles. The number of piperidine rings is 2. The van der Waals surface area contributed by atoms with E-state index in [-0.39, 0.29) is 23.6 Å². The second kappa shape index (κ2) is 11.7. The fraction of sp³-hybridized carbons (Fsp3) is 0.724. The van der Waals surface area contributed by atoms with Crippen molar-refractivity contribution >= 4 is 17.5 Å². The van der Waals surface area contributed by atoms with Crippen molar-refractivity contribution in [2.24, 2.45) is 11.8 Å². The largest absolute Gasteiger partial charge is 0.381 e. The highest BCUT2D eigenvalue weighted by molar-refractivity contribution is 5.80. The molecule has 7 nitrogen and oxygen atoms in total. The molecule has 0 bridgehead atoms. The lowest BCUT2D eigenvalue weighted by molar-refractivity contribution is -0.136. The summed E-state index contributed by atoms with van der Waals surface area (Å²) in [4.78, 5) is 34.3. The number of hydrogen-bond acceptors (Lipinski definition) is 5. The van der Waals surface area contributed by atoms with Crippen LogP contribution in [0.1, 0.15) is 56.4 Å². The molecule has 0 radical (unpaired) electrons. The molecule has 4 aliphatic heterocycles. The van der Waals surface area contributed by atoms with E-state index >= 15 is 0 Å². The zero-order valence-corrected chi connectivity index (χ0v) is 22.5. The predicted molar refractivity (Wildman–Crippen MR) is 142 cm³/mol. The standard InChI is InChI=1S/C29H43FN4O3/c1-31(2)28(35)22-7-12-32(13-8-22)27-19-24(30)3-4-26(27)21-5-14-33(15-6-21)29(36)23-9-16-34(20-23)25-10-17-37-18-11-25/h3-4,19,21-23,25H,5-18,20H2,1-2H3. The van der Waals surface area contributed by atoms with E-state index in [1.165, 1.54) is 5.56 Å². The van der Waals surface area contributed by atoms with Crippen molar-refractivity contribution in [3.05, 3.63) is 29.6 Å². The zero-order valence-electron chi connectivity index (χ0n) is 22.5. The minimum atomic E-state index is -0.215. The Labute approximate surface area is 220 Å². The van der Waals surface area contributed by atoms with Crippen molar-refractivity contribution in [3.63, 3.8) is 0 Å². The van der Waals surface area contributed by atoms with Gasteiger partial charge in [-0.2, -0.15) is 0 Å². The van der Waals surface area contributed by atoms with Crippen molar-refractivity contribution in [3.8, 4) is 0 Å². The van der Waals surface area contributed by atoms with Crippen LogP contribution in [-0.2, 0) is 14.3 Å². The van der Waals surface area contributed by atoms with Crippen molar-refractivity contribution in [1.29, 1.82) is 0 Å². The fourth-order valence-corrected chi connectivity index (χ4v) is 6.91. The third kappa shape index (κ3) is 5.95. The van der Waals surface area contributed by atoms with Gasteiger partial charge in [-0.05, 0) is 75.1 Å². The first-order valence-electron chi connectivity index (χ1n) is 14.3. The maximum atomic E-state index is 14.3. The van der Waals surface area contributed by atoms with Crippen LogP contribution in [0.5, 0.6) is 0 Å². The molecule has 2 amide bonds. The average molecular weight is 515 g/mol. The summed E-state index contributed by atoms with van der Waals surface area (Å²) in [6, 6.07) is 5.76. The van der Waals surface area contributed by atoms with E-state index in [2.05, 4.69) is 14.7 Å². The number of carbonyl (C=O) groups excluding carboxylic acids is 2.